The van der Waals surface area contributed by atoms with Crippen LogP contribution in [0.2, 0.25) is 0 Å². The number of rotatable bonds is 3. The molecule has 18 heavy (non-hydrogen) atoms. The van der Waals surface area contributed by atoms with Gasteiger partial charge < -0.3 is 16.0 Å². The van der Waals surface area contributed by atoms with Gasteiger partial charge in [0.1, 0.15) is 0 Å². The summed E-state index contributed by atoms with van der Waals surface area (Å²) in [7, 11) is 0. The van der Waals surface area contributed by atoms with Gasteiger partial charge in [-0.05, 0) is 37.7 Å². The number of aromatic nitrogens is 1. The van der Waals surface area contributed by atoms with Crippen molar-refractivity contribution in [3.05, 3.63) is 34.2 Å². The minimum atomic E-state index is -0.201. The third-order valence-electron chi connectivity index (χ3n) is 3.49. The molecule has 0 bridgehead atoms. The summed E-state index contributed by atoms with van der Waals surface area (Å²) in [5.41, 5.74) is 6.12. The van der Waals surface area contributed by atoms with Crippen molar-refractivity contribution in [3.8, 4) is 0 Å². The highest BCUT2D eigenvalue weighted by Crippen LogP contribution is 2.22. The average molecular weight is 249 g/mol. The van der Waals surface area contributed by atoms with Gasteiger partial charge in [-0.15, -0.1) is 0 Å². The Morgan fingerprint density at radius 3 is 2.67 bits per heavy atom. The molecule has 1 heterocycles. The summed E-state index contributed by atoms with van der Waals surface area (Å²) in [6, 6.07) is 3.22. The maximum Gasteiger partial charge on any atom is 0.252 e. The molecule has 5 heteroatoms. The van der Waals surface area contributed by atoms with Gasteiger partial charge in [0.05, 0.1) is 5.56 Å². The van der Waals surface area contributed by atoms with Crippen LogP contribution in [0.25, 0.3) is 0 Å². The molecule has 98 valence electrons. The van der Waals surface area contributed by atoms with Crippen molar-refractivity contribution in [2.24, 2.45) is 11.7 Å². The molecule has 1 aromatic rings. The van der Waals surface area contributed by atoms with Gasteiger partial charge >= 0.3 is 0 Å². The lowest BCUT2D eigenvalue weighted by Gasteiger charge is -2.26. The van der Waals surface area contributed by atoms with E-state index in [9.17, 15) is 9.59 Å². The van der Waals surface area contributed by atoms with E-state index >= 15 is 0 Å². The van der Waals surface area contributed by atoms with Crippen molar-refractivity contribution >= 4 is 5.91 Å². The molecule has 0 unspecified atom stereocenters. The molecule has 1 aliphatic rings. The molecule has 0 saturated heterocycles. The minimum Gasteiger partial charge on any atom is -0.352 e. The van der Waals surface area contributed by atoms with Gasteiger partial charge in [-0.25, -0.2) is 0 Å². The monoisotopic (exact) mass is 249 g/mol. The lowest BCUT2D eigenvalue weighted by atomic mass is 9.86. The number of aromatic amines is 1. The molecule has 1 saturated carbocycles. The number of hydrogen-bond donors (Lipinski definition) is 3. The normalized spacial score (nSPS) is 23.6. The van der Waals surface area contributed by atoms with Gasteiger partial charge in [0.2, 0.25) is 5.56 Å². The van der Waals surface area contributed by atoms with E-state index in [0.29, 0.717) is 24.1 Å². The summed E-state index contributed by atoms with van der Waals surface area (Å²) in [5.74, 6) is 0.387. The van der Waals surface area contributed by atoms with Gasteiger partial charge in [-0.3, -0.25) is 9.59 Å². The number of nitrogens with two attached hydrogens (primary N) is 1. The highest BCUT2D eigenvalue weighted by atomic mass is 16.1. The topological polar surface area (TPSA) is 88.0 Å². The summed E-state index contributed by atoms with van der Waals surface area (Å²) in [6.45, 7) is 0.685. The van der Waals surface area contributed by atoms with Crippen molar-refractivity contribution in [1.29, 1.82) is 0 Å². The summed E-state index contributed by atoms with van der Waals surface area (Å²) < 4.78 is 0. The fourth-order valence-electron chi connectivity index (χ4n) is 2.28. The van der Waals surface area contributed by atoms with Gasteiger partial charge in [0, 0.05) is 24.8 Å². The van der Waals surface area contributed by atoms with E-state index in [0.717, 1.165) is 25.7 Å². The number of nitrogens with one attached hydrogen (secondary N) is 2. The SMILES string of the molecule is NC1CCC(CNC(=O)c2ccc(=O)[nH]c2)CC1. The first-order valence-electron chi connectivity index (χ1n) is 6.37. The van der Waals surface area contributed by atoms with Crippen molar-refractivity contribution in [2.75, 3.05) is 6.54 Å². The van der Waals surface area contributed by atoms with Crippen LogP contribution in [0.15, 0.2) is 23.1 Å². The van der Waals surface area contributed by atoms with Crippen molar-refractivity contribution < 1.29 is 4.79 Å². The summed E-state index contributed by atoms with van der Waals surface area (Å²) >= 11 is 0. The molecule has 1 aliphatic carbocycles. The summed E-state index contributed by atoms with van der Waals surface area (Å²) in [6.07, 6.45) is 5.67. The van der Waals surface area contributed by atoms with Crippen LogP contribution in [0.3, 0.4) is 0 Å². The van der Waals surface area contributed by atoms with Crippen LogP contribution < -0.4 is 16.6 Å². The zero-order chi connectivity index (χ0) is 13.0. The zero-order valence-electron chi connectivity index (χ0n) is 10.3. The average Bonchev–Trinajstić information content (AvgIpc) is 2.38. The highest BCUT2D eigenvalue weighted by Gasteiger charge is 2.19. The molecule has 1 amide bonds. The molecule has 1 aromatic heterocycles. The first kappa shape index (κ1) is 12.8. The number of carbonyl (C=O) groups excluding carboxylic acids is 1. The molecule has 2 rings (SSSR count). The van der Waals surface area contributed by atoms with Gasteiger partial charge in [0.15, 0.2) is 0 Å². The number of hydrogen-bond acceptors (Lipinski definition) is 3. The first-order chi connectivity index (χ1) is 8.65. The van der Waals surface area contributed by atoms with Crippen LogP contribution in [0.1, 0.15) is 36.0 Å². The number of pyridine rings is 1. The Labute approximate surface area is 106 Å². The van der Waals surface area contributed by atoms with Crippen LogP contribution in [-0.4, -0.2) is 23.5 Å². The smallest absolute Gasteiger partial charge is 0.252 e. The predicted octanol–water partition coefficient (Wildman–Crippen LogP) is 0.622. The van der Waals surface area contributed by atoms with Crippen LogP contribution in [-0.2, 0) is 0 Å². The third-order valence-corrected chi connectivity index (χ3v) is 3.49. The van der Waals surface area contributed by atoms with E-state index < -0.39 is 0 Å². The van der Waals surface area contributed by atoms with E-state index in [2.05, 4.69) is 10.3 Å². The predicted molar refractivity (Wildman–Crippen MR) is 69.3 cm³/mol. The van der Waals surface area contributed by atoms with Gasteiger partial charge in [-0.2, -0.15) is 0 Å². The zero-order valence-corrected chi connectivity index (χ0v) is 10.3. The molecular formula is C13H19N3O2. The Bertz CT molecular complexity index is 441. The molecule has 0 aromatic carbocycles. The van der Waals surface area contributed by atoms with Crippen LogP contribution in [0.4, 0.5) is 0 Å². The van der Waals surface area contributed by atoms with E-state index in [1.54, 1.807) is 0 Å². The fourth-order valence-corrected chi connectivity index (χ4v) is 2.28. The summed E-state index contributed by atoms with van der Waals surface area (Å²) in [4.78, 5) is 25.2. The Hall–Kier alpha value is -1.62. The standard InChI is InChI=1S/C13H19N3O2/c14-11-4-1-9(2-5-11)7-16-13(18)10-3-6-12(17)15-8-10/h3,6,8-9,11H,1-2,4-5,7,14H2,(H,15,17)(H,16,18). The van der Waals surface area contributed by atoms with Crippen LogP contribution >= 0.6 is 0 Å². The second-order valence-corrected chi connectivity index (χ2v) is 4.93. The number of H-pyrrole nitrogens is 1. The molecule has 0 spiro atoms. The maximum absolute atomic E-state index is 11.8. The lowest BCUT2D eigenvalue weighted by molar-refractivity contribution is 0.0942. The molecule has 5 nitrogen and oxygen atoms in total. The number of carbonyl (C=O) groups is 1. The van der Waals surface area contributed by atoms with E-state index in [1.165, 1.54) is 18.3 Å². The Morgan fingerprint density at radius 1 is 1.33 bits per heavy atom. The molecule has 1 fully saturated rings. The number of amides is 1. The Balaban J connectivity index is 1.81. The van der Waals surface area contributed by atoms with E-state index in [1.807, 2.05) is 0 Å². The molecule has 4 N–H and O–H groups in total. The first-order valence-corrected chi connectivity index (χ1v) is 6.37. The Kier molecular flexibility index (Phi) is 4.15. The fraction of sp³-hybridized carbons (Fsp3) is 0.538. The second kappa shape index (κ2) is 5.82. The van der Waals surface area contributed by atoms with E-state index in [4.69, 9.17) is 5.73 Å². The minimum absolute atomic E-state index is 0.138. The maximum atomic E-state index is 11.8. The van der Waals surface area contributed by atoms with Crippen LogP contribution in [0, 0.1) is 5.92 Å². The van der Waals surface area contributed by atoms with Crippen molar-refractivity contribution in [3.63, 3.8) is 0 Å². The molecule has 0 radical (unpaired) electrons. The van der Waals surface area contributed by atoms with Crippen molar-refractivity contribution in [1.82, 2.24) is 10.3 Å². The largest absolute Gasteiger partial charge is 0.352 e. The lowest BCUT2D eigenvalue weighted by Crippen LogP contribution is -2.34. The van der Waals surface area contributed by atoms with Gasteiger partial charge in [-0.1, -0.05) is 0 Å². The molecular weight excluding hydrogens is 230 g/mol. The molecule has 0 atom stereocenters. The van der Waals surface area contributed by atoms with Gasteiger partial charge in [0.25, 0.3) is 5.91 Å². The molecule has 0 aliphatic heterocycles. The highest BCUT2D eigenvalue weighted by molar-refractivity contribution is 5.93. The van der Waals surface area contributed by atoms with E-state index in [-0.39, 0.29) is 11.5 Å². The second-order valence-electron chi connectivity index (χ2n) is 4.93. The third kappa shape index (κ3) is 3.43. The Morgan fingerprint density at radius 2 is 2.06 bits per heavy atom. The van der Waals surface area contributed by atoms with Crippen LogP contribution in [0.5, 0.6) is 0 Å². The van der Waals surface area contributed by atoms with Crippen molar-refractivity contribution in [2.45, 2.75) is 31.7 Å². The quantitative estimate of drug-likeness (QED) is 0.734. The summed E-state index contributed by atoms with van der Waals surface area (Å²) in [5, 5.41) is 2.90.